The van der Waals surface area contributed by atoms with Crippen molar-refractivity contribution in [3.63, 3.8) is 0 Å². The molecule has 0 saturated carbocycles. The maximum atomic E-state index is 10.1. The first-order chi connectivity index (χ1) is 41.3. The molecule has 0 saturated heterocycles. The molecule has 11 rings (SSSR count). The normalized spacial score (nSPS) is 13.3. The van der Waals surface area contributed by atoms with Crippen molar-refractivity contribution < 1.29 is 0 Å². The molecule has 1 aliphatic carbocycles. The lowest BCUT2D eigenvalue weighted by Gasteiger charge is -2.31. The lowest BCUT2D eigenvalue weighted by molar-refractivity contribution is 0.581. The topological polar surface area (TPSA) is 159 Å². The van der Waals surface area contributed by atoms with Crippen LogP contribution in [-0.4, -0.2) is 16.2 Å². The summed E-state index contributed by atoms with van der Waals surface area (Å²) in [6.45, 7) is 23.5. The fourth-order valence-electron chi connectivity index (χ4n) is 10.5. The Kier molecular flexibility index (Phi) is 23.0. The SMILES string of the molecule is C=C(c1ccc(-c2ccccc2C#N)c(-n2c3ccc(C)cc3c3cc(N)ccc32)c1)C1(C)C=CC(c2ccccc2C#N)=CC1.CC.CC.CCC(C)/C=C\c1cc2cc(N)ccc2n1C.CCc1ccccc1-c1cccc(C#N)c1.CN. The molecule has 6 N–H and O–H groups in total. The van der Waals surface area contributed by atoms with Crippen molar-refractivity contribution in [3.05, 3.63) is 251 Å². The minimum atomic E-state index is -0.333. The Morgan fingerprint density at radius 1 is 0.647 bits per heavy atom. The van der Waals surface area contributed by atoms with E-state index in [-0.39, 0.29) is 5.41 Å². The lowest BCUT2D eigenvalue weighted by atomic mass is 9.73. The highest BCUT2D eigenvalue weighted by atomic mass is 15.0. The van der Waals surface area contributed by atoms with Gasteiger partial charge in [0, 0.05) is 62.3 Å². The van der Waals surface area contributed by atoms with Gasteiger partial charge in [-0.05, 0) is 163 Å². The molecule has 10 aromatic rings. The fourth-order valence-corrected chi connectivity index (χ4v) is 10.5. The summed E-state index contributed by atoms with van der Waals surface area (Å²) < 4.78 is 4.49. The molecule has 0 bridgehead atoms. The van der Waals surface area contributed by atoms with Gasteiger partial charge in [-0.1, -0.05) is 189 Å². The largest absolute Gasteiger partial charge is 0.399 e. The number of fused-ring (bicyclic) bond motifs is 4. The van der Waals surface area contributed by atoms with Crippen LogP contribution in [0, 0.1) is 52.2 Å². The Bertz CT molecular complexity index is 4120. The molecule has 8 nitrogen and oxygen atoms in total. The van der Waals surface area contributed by atoms with E-state index >= 15 is 0 Å². The first-order valence-corrected chi connectivity index (χ1v) is 29.5. The molecule has 2 aromatic heterocycles. The van der Waals surface area contributed by atoms with Gasteiger partial charge in [-0.15, -0.1) is 0 Å². The van der Waals surface area contributed by atoms with Crippen molar-refractivity contribution in [2.45, 2.75) is 81.6 Å². The number of nitriles is 3. The molecule has 8 aromatic carbocycles. The van der Waals surface area contributed by atoms with Crippen LogP contribution in [0.1, 0.15) is 113 Å². The Morgan fingerprint density at radius 3 is 1.88 bits per heavy atom. The molecule has 0 spiro atoms. The molecule has 8 heteroatoms. The predicted octanol–water partition coefficient (Wildman–Crippen LogP) is 19.4. The van der Waals surface area contributed by atoms with Crippen LogP contribution in [0.4, 0.5) is 11.4 Å². The van der Waals surface area contributed by atoms with Gasteiger partial charge >= 0.3 is 0 Å². The highest BCUT2D eigenvalue weighted by Crippen LogP contribution is 2.46. The van der Waals surface area contributed by atoms with E-state index in [1.165, 1.54) is 46.8 Å². The average Bonchev–Trinajstić information content (AvgIpc) is 1.88. The summed E-state index contributed by atoms with van der Waals surface area (Å²) in [5.41, 5.74) is 36.0. The number of nitrogens with two attached hydrogens (primary N) is 3. The number of nitrogen functional groups attached to an aromatic ring is 2. The van der Waals surface area contributed by atoms with Gasteiger partial charge in [0.05, 0.1) is 51.6 Å². The second-order valence-electron chi connectivity index (χ2n) is 20.7. The maximum absolute atomic E-state index is 10.1. The molecular formula is C77H82N8. The molecule has 0 amide bonds. The zero-order valence-electron chi connectivity index (χ0n) is 51.5. The second kappa shape index (κ2) is 30.4. The maximum Gasteiger partial charge on any atom is 0.0998 e. The van der Waals surface area contributed by atoms with Gasteiger partial charge in [-0.2, -0.15) is 15.8 Å². The van der Waals surface area contributed by atoms with Gasteiger partial charge in [-0.25, -0.2) is 0 Å². The van der Waals surface area contributed by atoms with Crippen LogP contribution < -0.4 is 17.2 Å². The smallest absolute Gasteiger partial charge is 0.0998 e. The Morgan fingerprint density at radius 2 is 1.25 bits per heavy atom. The van der Waals surface area contributed by atoms with Crippen LogP contribution in [0.2, 0.25) is 0 Å². The Labute approximate surface area is 505 Å². The third-order valence-corrected chi connectivity index (χ3v) is 15.3. The molecule has 430 valence electrons. The van der Waals surface area contributed by atoms with E-state index in [1.54, 1.807) is 0 Å². The highest BCUT2D eigenvalue weighted by Gasteiger charge is 2.29. The van der Waals surface area contributed by atoms with E-state index in [4.69, 9.17) is 16.7 Å². The van der Waals surface area contributed by atoms with Crippen molar-refractivity contribution in [2.24, 2.45) is 24.1 Å². The van der Waals surface area contributed by atoms with E-state index in [2.05, 4.69) is 191 Å². The van der Waals surface area contributed by atoms with E-state index in [1.807, 2.05) is 125 Å². The number of anilines is 2. The number of aryl methyl sites for hydroxylation is 3. The minimum absolute atomic E-state index is 0.333. The molecule has 1 aliphatic rings. The molecular weight excluding hydrogens is 1040 g/mol. The van der Waals surface area contributed by atoms with Crippen LogP contribution in [-0.2, 0) is 13.5 Å². The zero-order chi connectivity index (χ0) is 61.8. The van der Waals surface area contributed by atoms with Crippen molar-refractivity contribution in [3.8, 4) is 46.1 Å². The summed E-state index contributed by atoms with van der Waals surface area (Å²) in [4.78, 5) is 0. The molecule has 0 aliphatic heterocycles. The molecule has 2 heterocycles. The standard InChI is InChI=1S/C42H32N4.C15H20N2.C15H13N.2C2H6.CH5N/c1-27-12-16-39-37(22-27)38-24-33(45)14-17-40(38)46(39)41-23-30(13-15-36(41)35-11-7-5-9-32(35)26-44)28(2)42(3)20-18-29(19-21-42)34-10-6-4-8-31(34)25-43;1-4-11(2)5-7-14-10-12-9-13(16)6-8-15(12)17(14)3;1-2-13-7-3-4-9-15(13)14-8-5-6-12(10-14)11-16;3*1-2/h4-20,22-24H,2,21,45H2,1,3H3;5-11H,4,16H2,1-3H3;3-10H,2H2,1H3;2*1-2H3;2H2,1H3/b;7-5-;;;;. The number of nitrogens with zero attached hydrogens (tertiary/aromatic N) is 5. The number of hydrogen-bond acceptors (Lipinski definition) is 6. The number of allylic oxidation sites excluding steroid dienone is 6. The van der Waals surface area contributed by atoms with Crippen LogP contribution in [0.25, 0.3) is 77.9 Å². The van der Waals surface area contributed by atoms with Crippen LogP contribution in [0.15, 0.2) is 207 Å². The van der Waals surface area contributed by atoms with Crippen molar-refractivity contribution >= 4 is 61.3 Å². The van der Waals surface area contributed by atoms with Gasteiger partial charge in [0.1, 0.15) is 0 Å². The van der Waals surface area contributed by atoms with Crippen molar-refractivity contribution in [1.29, 1.82) is 15.8 Å². The van der Waals surface area contributed by atoms with Gasteiger partial charge in [0.2, 0.25) is 0 Å². The van der Waals surface area contributed by atoms with E-state index in [9.17, 15) is 10.5 Å². The molecule has 0 radical (unpaired) electrons. The van der Waals surface area contributed by atoms with E-state index in [0.29, 0.717) is 28.3 Å². The summed E-state index contributed by atoms with van der Waals surface area (Å²) in [6.07, 6.45) is 13.9. The van der Waals surface area contributed by atoms with Crippen molar-refractivity contribution in [2.75, 3.05) is 18.5 Å². The molecule has 2 unspecified atom stereocenters. The third kappa shape index (κ3) is 14.7. The monoisotopic (exact) mass is 1120 g/mol. The highest BCUT2D eigenvalue weighted by molar-refractivity contribution is 6.11. The van der Waals surface area contributed by atoms with E-state index in [0.717, 1.165) is 85.0 Å². The number of benzene rings is 8. The van der Waals surface area contributed by atoms with Crippen LogP contribution >= 0.6 is 0 Å². The molecule has 2 atom stereocenters. The first kappa shape index (κ1) is 64.3. The molecule has 0 fully saturated rings. The van der Waals surface area contributed by atoms with E-state index < -0.39 is 0 Å². The molecule has 85 heavy (non-hydrogen) atoms. The average molecular weight is 1120 g/mol. The predicted molar refractivity (Wildman–Crippen MR) is 365 cm³/mol. The minimum Gasteiger partial charge on any atom is -0.399 e. The Hall–Kier alpha value is -9.91. The number of rotatable bonds is 10. The summed E-state index contributed by atoms with van der Waals surface area (Å²) in [6, 6.07) is 65.7. The summed E-state index contributed by atoms with van der Waals surface area (Å²) in [5, 5.41) is 32.0. The van der Waals surface area contributed by atoms with Gasteiger partial charge in [0.25, 0.3) is 0 Å². The summed E-state index contributed by atoms with van der Waals surface area (Å²) in [7, 11) is 3.59. The zero-order valence-corrected chi connectivity index (χ0v) is 51.5. The second-order valence-corrected chi connectivity index (χ2v) is 20.7. The van der Waals surface area contributed by atoms with Gasteiger partial charge < -0.3 is 26.3 Å². The lowest BCUT2D eigenvalue weighted by Crippen LogP contribution is -2.17. The van der Waals surface area contributed by atoms with Gasteiger partial charge in [0.15, 0.2) is 0 Å². The van der Waals surface area contributed by atoms with Crippen LogP contribution in [0.3, 0.4) is 0 Å². The summed E-state index contributed by atoms with van der Waals surface area (Å²) in [5.74, 6) is 0.623. The summed E-state index contributed by atoms with van der Waals surface area (Å²) >= 11 is 0. The Balaban J connectivity index is 0.000000242. The number of aromatic nitrogens is 2. The quantitative estimate of drug-likeness (QED) is 0.116. The van der Waals surface area contributed by atoms with Gasteiger partial charge in [-0.3, -0.25) is 0 Å². The first-order valence-electron chi connectivity index (χ1n) is 29.5. The van der Waals surface area contributed by atoms with Crippen molar-refractivity contribution in [1.82, 2.24) is 9.13 Å². The fraction of sp³-hybridized carbons (Fsp3) is 0.208. The van der Waals surface area contributed by atoms with Crippen LogP contribution in [0.5, 0.6) is 0 Å². The number of hydrogen-bond donors (Lipinski definition) is 3. The third-order valence-electron chi connectivity index (χ3n) is 15.3.